The third-order valence-corrected chi connectivity index (χ3v) is 4.24. The number of halogens is 1. The van der Waals surface area contributed by atoms with Crippen molar-refractivity contribution in [2.75, 3.05) is 13.2 Å². The Kier molecular flexibility index (Phi) is 10.1. The molecule has 0 bridgehead atoms. The average molecular weight is 446 g/mol. The van der Waals surface area contributed by atoms with Gasteiger partial charge in [0.2, 0.25) is 5.88 Å². The molecule has 1 heterocycles. The van der Waals surface area contributed by atoms with Crippen LogP contribution in [0.1, 0.15) is 52.0 Å². The molecule has 1 aliphatic carbocycles. The Morgan fingerprint density at radius 2 is 2.04 bits per heavy atom. The number of ether oxygens (including phenoxy) is 1. The first kappa shape index (κ1) is 21.0. The van der Waals surface area contributed by atoms with Crippen molar-refractivity contribution in [1.29, 1.82) is 0 Å². The van der Waals surface area contributed by atoms with Crippen LogP contribution in [0.5, 0.6) is 5.88 Å². The van der Waals surface area contributed by atoms with E-state index in [0.29, 0.717) is 25.1 Å². The SMILES string of the molecule is CCNC(=NCc1cccnc1OCC)NC1CCC(C)CC1.I. The molecule has 5 nitrogen and oxygen atoms in total. The highest BCUT2D eigenvalue weighted by molar-refractivity contribution is 14.0. The molecule has 2 N–H and O–H groups in total. The number of rotatable bonds is 6. The van der Waals surface area contributed by atoms with Gasteiger partial charge in [-0.2, -0.15) is 0 Å². The van der Waals surface area contributed by atoms with Crippen LogP contribution in [0.2, 0.25) is 0 Å². The van der Waals surface area contributed by atoms with Crippen LogP contribution < -0.4 is 15.4 Å². The largest absolute Gasteiger partial charge is 0.478 e. The van der Waals surface area contributed by atoms with Crippen LogP contribution in [0.25, 0.3) is 0 Å². The summed E-state index contributed by atoms with van der Waals surface area (Å²) in [6.07, 6.45) is 6.80. The molecule has 0 unspecified atom stereocenters. The molecule has 1 aromatic rings. The summed E-state index contributed by atoms with van der Waals surface area (Å²) in [7, 11) is 0. The number of nitrogens with one attached hydrogen (secondary N) is 2. The number of nitrogens with zero attached hydrogens (tertiary/aromatic N) is 2. The number of aromatic nitrogens is 1. The van der Waals surface area contributed by atoms with E-state index in [1.165, 1.54) is 25.7 Å². The predicted octanol–water partition coefficient (Wildman–Crippen LogP) is 3.73. The second kappa shape index (κ2) is 11.5. The van der Waals surface area contributed by atoms with E-state index in [1.54, 1.807) is 6.20 Å². The summed E-state index contributed by atoms with van der Waals surface area (Å²) in [4.78, 5) is 9.00. The van der Waals surface area contributed by atoms with Gasteiger partial charge >= 0.3 is 0 Å². The Labute approximate surface area is 163 Å². The van der Waals surface area contributed by atoms with Crippen LogP contribution in [-0.4, -0.2) is 30.1 Å². The highest BCUT2D eigenvalue weighted by Crippen LogP contribution is 2.23. The summed E-state index contributed by atoms with van der Waals surface area (Å²) in [5.41, 5.74) is 1.02. The maximum absolute atomic E-state index is 5.57. The smallest absolute Gasteiger partial charge is 0.218 e. The predicted molar refractivity (Wildman–Crippen MR) is 110 cm³/mol. The van der Waals surface area contributed by atoms with Gasteiger partial charge in [0.05, 0.1) is 13.2 Å². The zero-order chi connectivity index (χ0) is 16.5. The maximum Gasteiger partial charge on any atom is 0.218 e. The molecule has 0 amide bonds. The van der Waals surface area contributed by atoms with E-state index < -0.39 is 0 Å². The Morgan fingerprint density at radius 3 is 2.71 bits per heavy atom. The van der Waals surface area contributed by atoms with Crippen molar-refractivity contribution in [2.24, 2.45) is 10.9 Å². The number of hydrogen-bond acceptors (Lipinski definition) is 3. The molecular weight excluding hydrogens is 415 g/mol. The molecule has 0 spiro atoms. The van der Waals surface area contributed by atoms with Gasteiger partial charge in [0.1, 0.15) is 0 Å². The Bertz CT molecular complexity index is 502. The van der Waals surface area contributed by atoms with Gasteiger partial charge in [-0.25, -0.2) is 9.98 Å². The lowest BCUT2D eigenvalue weighted by atomic mass is 9.87. The molecule has 1 aromatic heterocycles. The van der Waals surface area contributed by atoms with E-state index in [4.69, 9.17) is 9.73 Å². The van der Waals surface area contributed by atoms with Gasteiger partial charge in [0.15, 0.2) is 5.96 Å². The van der Waals surface area contributed by atoms with Gasteiger partial charge in [0, 0.05) is 24.3 Å². The van der Waals surface area contributed by atoms with E-state index in [2.05, 4.69) is 29.5 Å². The summed E-state index contributed by atoms with van der Waals surface area (Å²) in [6, 6.07) is 4.48. The minimum atomic E-state index is 0. The maximum atomic E-state index is 5.57. The zero-order valence-electron chi connectivity index (χ0n) is 15.0. The number of pyridine rings is 1. The lowest BCUT2D eigenvalue weighted by Crippen LogP contribution is -2.44. The van der Waals surface area contributed by atoms with Crippen molar-refractivity contribution in [3.8, 4) is 5.88 Å². The molecule has 6 heteroatoms. The quantitative estimate of drug-likeness (QED) is 0.397. The van der Waals surface area contributed by atoms with Crippen LogP contribution in [0.3, 0.4) is 0 Å². The fraction of sp³-hybridized carbons (Fsp3) is 0.667. The molecular formula is C18H31IN4O. The van der Waals surface area contributed by atoms with Gasteiger partial charge in [-0.05, 0) is 51.5 Å². The zero-order valence-corrected chi connectivity index (χ0v) is 17.4. The van der Waals surface area contributed by atoms with Gasteiger partial charge in [-0.15, -0.1) is 24.0 Å². The van der Waals surface area contributed by atoms with Crippen molar-refractivity contribution in [3.05, 3.63) is 23.9 Å². The summed E-state index contributed by atoms with van der Waals surface area (Å²) in [6.45, 7) is 8.45. The summed E-state index contributed by atoms with van der Waals surface area (Å²) >= 11 is 0. The molecule has 0 aliphatic heterocycles. The topological polar surface area (TPSA) is 58.5 Å². The third-order valence-electron chi connectivity index (χ3n) is 4.24. The number of hydrogen-bond donors (Lipinski definition) is 2. The summed E-state index contributed by atoms with van der Waals surface area (Å²) < 4.78 is 5.57. The summed E-state index contributed by atoms with van der Waals surface area (Å²) in [5.74, 6) is 2.43. The molecule has 24 heavy (non-hydrogen) atoms. The van der Waals surface area contributed by atoms with Gasteiger partial charge in [-0.3, -0.25) is 0 Å². The van der Waals surface area contributed by atoms with Crippen molar-refractivity contribution < 1.29 is 4.74 Å². The fourth-order valence-electron chi connectivity index (χ4n) is 2.89. The van der Waals surface area contributed by atoms with Crippen LogP contribution in [-0.2, 0) is 6.54 Å². The second-order valence-corrected chi connectivity index (χ2v) is 6.20. The normalized spacial score (nSPS) is 20.9. The highest BCUT2D eigenvalue weighted by Gasteiger charge is 2.18. The lowest BCUT2D eigenvalue weighted by Gasteiger charge is -2.28. The molecule has 1 aliphatic rings. The van der Waals surface area contributed by atoms with Gasteiger partial charge in [-0.1, -0.05) is 13.0 Å². The average Bonchev–Trinajstić information content (AvgIpc) is 2.56. The van der Waals surface area contributed by atoms with Gasteiger partial charge < -0.3 is 15.4 Å². The molecule has 1 saturated carbocycles. The van der Waals surface area contributed by atoms with Crippen molar-refractivity contribution in [3.63, 3.8) is 0 Å². The first-order chi connectivity index (χ1) is 11.2. The van der Waals surface area contributed by atoms with Crippen LogP contribution in [0.15, 0.2) is 23.3 Å². The van der Waals surface area contributed by atoms with Crippen LogP contribution in [0.4, 0.5) is 0 Å². The molecule has 0 aromatic carbocycles. The molecule has 0 atom stereocenters. The van der Waals surface area contributed by atoms with Crippen molar-refractivity contribution >= 4 is 29.9 Å². The van der Waals surface area contributed by atoms with E-state index >= 15 is 0 Å². The minimum Gasteiger partial charge on any atom is -0.478 e. The Morgan fingerprint density at radius 1 is 1.29 bits per heavy atom. The minimum absolute atomic E-state index is 0. The third kappa shape index (κ3) is 6.83. The molecule has 2 rings (SSSR count). The van der Waals surface area contributed by atoms with Gasteiger partial charge in [0.25, 0.3) is 0 Å². The van der Waals surface area contributed by atoms with Crippen molar-refractivity contribution in [2.45, 2.75) is 59.0 Å². The standard InChI is InChI=1S/C18H30N4O.HI/c1-4-19-18(22-16-10-8-14(3)9-11-16)21-13-15-7-6-12-20-17(15)23-5-2;/h6-7,12,14,16H,4-5,8-11,13H2,1-3H3,(H2,19,21,22);1H. The molecule has 0 radical (unpaired) electrons. The first-order valence-corrected chi connectivity index (χ1v) is 8.84. The van der Waals surface area contributed by atoms with E-state index in [1.807, 2.05) is 19.1 Å². The fourth-order valence-corrected chi connectivity index (χ4v) is 2.89. The Balaban J connectivity index is 0.00000288. The van der Waals surface area contributed by atoms with Crippen LogP contribution in [0, 0.1) is 5.92 Å². The number of guanidine groups is 1. The Hall–Kier alpha value is -1.05. The first-order valence-electron chi connectivity index (χ1n) is 8.84. The molecule has 1 fully saturated rings. The van der Waals surface area contributed by atoms with E-state index in [9.17, 15) is 0 Å². The van der Waals surface area contributed by atoms with Crippen molar-refractivity contribution in [1.82, 2.24) is 15.6 Å². The second-order valence-electron chi connectivity index (χ2n) is 6.20. The van der Waals surface area contributed by atoms with E-state index in [-0.39, 0.29) is 24.0 Å². The number of aliphatic imine (C=N–C) groups is 1. The monoisotopic (exact) mass is 446 g/mol. The molecule has 136 valence electrons. The highest BCUT2D eigenvalue weighted by atomic mass is 127. The van der Waals surface area contributed by atoms with Crippen LogP contribution >= 0.6 is 24.0 Å². The lowest BCUT2D eigenvalue weighted by molar-refractivity contribution is 0.323. The summed E-state index contributed by atoms with van der Waals surface area (Å²) in [5, 5.41) is 6.92. The van der Waals surface area contributed by atoms with E-state index in [0.717, 1.165) is 24.0 Å². The molecule has 0 saturated heterocycles.